The minimum atomic E-state index is -0.0145. The Labute approximate surface area is 88.4 Å². The third kappa shape index (κ3) is 3.52. The van der Waals surface area contributed by atoms with Crippen LogP contribution >= 0.6 is 0 Å². The molecular weight excluding hydrogens is 192 g/mol. The summed E-state index contributed by atoms with van der Waals surface area (Å²) in [7, 11) is 1.72. The zero-order valence-electron chi connectivity index (χ0n) is 8.83. The van der Waals surface area contributed by atoms with Gasteiger partial charge < -0.3 is 10.3 Å². The third-order valence-corrected chi connectivity index (χ3v) is 1.85. The lowest BCUT2D eigenvalue weighted by atomic mass is 10.2. The lowest BCUT2D eigenvalue weighted by molar-refractivity contribution is -0.112. The van der Waals surface area contributed by atoms with Crippen molar-refractivity contribution in [3.63, 3.8) is 0 Å². The molecule has 1 aromatic rings. The molecule has 0 bridgehead atoms. The summed E-state index contributed by atoms with van der Waals surface area (Å²) in [5, 5.41) is 2.78. The number of aromatic nitrogens is 1. The van der Waals surface area contributed by atoms with Gasteiger partial charge in [0.2, 0.25) is 0 Å². The highest BCUT2D eigenvalue weighted by Crippen LogP contribution is 2.06. The number of rotatable bonds is 5. The maximum absolute atomic E-state index is 11.4. The quantitative estimate of drug-likeness (QED) is 0.558. The van der Waals surface area contributed by atoms with Crippen LogP contribution in [-0.4, -0.2) is 30.1 Å². The van der Waals surface area contributed by atoms with E-state index >= 15 is 0 Å². The molecule has 0 atom stereocenters. The van der Waals surface area contributed by atoms with Crippen molar-refractivity contribution in [1.82, 2.24) is 10.3 Å². The zero-order chi connectivity index (χ0) is 11.3. The molecule has 0 unspecified atom stereocenters. The Hall–Kier alpha value is -1.68. The molecule has 0 fully saturated rings. The molecule has 1 heterocycles. The number of allylic oxidation sites excluding steroid dienone is 1. The van der Waals surface area contributed by atoms with Crippen LogP contribution in [0.25, 0.3) is 6.08 Å². The fraction of sp³-hybridized carbons (Fsp3) is 0.273. The first-order valence-electron chi connectivity index (χ1n) is 4.68. The summed E-state index contributed by atoms with van der Waals surface area (Å²) in [4.78, 5) is 25.0. The Bertz CT molecular complexity index is 391. The highest BCUT2D eigenvalue weighted by Gasteiger charge is 2.05. The molecular formula is C11H14N2O2. The first-order valence-corrected chi connectivity index (χ1v) is 4.68. The lowest BCUT2D eigenvalue weighted by Gasteiger charge is -1.94. The van der Waals surface area contributed by atoms with Gasteiger partial charge in [-0.25, -0.2) is 0 Å². The maximum Gasteiger partial charge on any atom is 0.192 e. The summed E-state index contributed by atoms with van der Waals surface area (Å²) in [5.74, 6) is -0.0146. The van der Waals surface area contributed by atoms with Crippen LogP contribution in [0.3, 0.4) is 0 Å². The Morgan fingerprint density at radius 3 is 2.87 bits per heavy atom. The molecule has 0 aliphatic carbocycles. The second-order valence-corrected chi connectivity index (χ2v) is 3.24. The molecule has 0 amide bonds. The van der Waals surface area contributed by atoms with Crippen molar-refractivity contribution in [3.05, 3.63) is 29.6 Å². The standard InChI is InChI=1S/C11H14N2O2/c1-8(14)3-4-9-5-10(13-6-9)11(15)7-12-2/h3-6,12-13H,7H2,1-2H3/b4-3+. The van der Waals surface area contributed by atoms with E-state index in [0.717, 1.165) is 5.56 Å². The molecule has 2 N–H and O–H groups in total. The smallest absolute Gasteiger partial charge is 0.192 e. The van der Waals surface area contributed by atoms with Crippen LogP contribution in [0.1, 0.15) is 23.0 Å². The van der Waals surface area contributed by atoms with Gasteiger partial charge in [0, 0.05) is 6.20 Å². The molecule has 0 saturated carbocycles. The van der Waals surface area contributed by atoms with Gasteiger partial charge in [0.25, 0.3) is 0 Å². The average molecular weight is 206 g/mol. The normalized spacial score (nSPS) is 10.8. The Kier molecular flexibility index (Phi) is 4.00. The van der Waals surface area contributed by atoms with Crippen molar-refractivity contribution in [2.24, 2.45) is 0 Å². The number of hydrogen-bond acceptors (Lipinski definition) is 3. The van der Waals surface area contributed by atoms with Crippen LogP contribution in [0.4, 0.5) is 0 Å². The molecule has 15 heavy (non-hydrogen) atoms. The predicted molar refractivity (Wildman–Crippen MR) is 58.8 cm³/mol. The summed E-state index contributed by atoms with van der Waals surface area (Å²) in [6.07, 6.45) is 4.84. The van der Waals surface area contributed by atoms with E-state index in [4.69, 9.17) is 0 Å². The van der Waals surface area contributed by atoms with Crippen LogP contribution < -0.4 is 5.32 Å². The highest BCUT2D eigenvalue weighted by atomic mass is 16.1. The van der Waals surface area contributed by atoms with E-state index in [0.29, 0.717) is 12.2 Å². The van der Waals surface area contributed by atoms with E-state index in [1.54, 1.807) is 25.4 Å². The van der Waals surface area contributed by atoms with Crippen LogP contribution in [0.2, 0.25) is 0 Å². The van der Waals surface area contributed by atoms with E-state index in [-0.39, 0.29) is 11.6 Å². The molecule has 80 valence electrons. The largest absolute Gasteiger partial charge is 0.358 e. The Morgan fingerprint density at radius 1 is 1.53 bits per heavy atom. The van der Waals surface area contributed by atoms with Crippen LogP contribution in [0.15, 0.2) is 18.3 Å². The van der Waals surface area contributed by atoms with Gasteiger partial charge in [-0.1, -0.05) is 0 Å². The number of nitrogens with one attached hydrogen (secondary N) is 2. The van der Waals surface area contributed by atoms with Crippen molar-refractivity contribution in [3.8, 4) is 0 Å². The molecule has 0 aliphatic rings. The number of carbonyl (C=O) groups is 2. The molecule has 0 spiro atoms. The van der Waals surface area contributed by atoms with Crippen LogP contribution in [0, 0.1) is 0 Å². The zero-order valence-corrected chi connectivity index (χ0v) is 8.83. The lowest BCUT2D eigenvalue weighted by Crippen LogP contribution is -2.18. The average Bonchev–Trinajstić information content (AvgIpc) is 2.63. The number of aromatic amines is 1. The first-order chi connectivity index (χ1) is 7.13. The van der Waals surface area contributed by atoms with Gasteiger partial charge in [0.1, 0.15) is 0 Å². The van der Waals surface area contributed by atoms with E-state index in [9.17, 15) is 9.59 Å². The summed E-state index contributed by atoms with van der Waals surface area (Å²) in [5.41, 5.74) is 1.37. The number of hydrogen-bond donors (Lipinski definition) is 2. The monoisotopic (exact) mass is 206 g/mol. The molecule has 0 aromatic carbocycles. The minimum Gasteiger partial charge on any atom is -0.358 e. The van der Waals surface area contributed by atoms with Gasteiger partial charge >= 0.3 is 0 Å². The SMILES string of the molecule is CNCC(=O)c1cc(/C=C/C(C)=O)c[nH]1. The number of Topliss-reactive ketones (excluding diaryl/α,β-unsaturated/α-hetero) is 1. The van der Waals surface area contributed by atoms with Crippen LogP contribution in [0.5, 0.6) is 0 Å². The fourth-order valence-electron chi connectivity index (χ4n) is 1.14. The van der Waals surface area contributed by atoms with E-state index in [1.165, 1.54) is 13.0 Å². The Morgan fingerprint density at radius 2 is 2.27 bits per heavy atom. The first kappa shape index (κ1) is 11.4. The summed E-state index contributed by atoms with van der Waals surface area (Å²) >= 11 is 0. The second kappa shape index (κ2) is 5.26. The van der Waals surface area contributed by atoms with Gasteiger partial charge in [-0.15, -0.1) is 0 Å². The number of carbonyl (C=O) groups excluding carboxylic acids is 2. The van der Waals surface area contributed by atoms with Gasteiger partial charge in [-0.05, 0) is 37.8 Å². The maximum atomic E-state index is 11.4. The van der Waals surface area contributed by atoms with Gasteiger partial charge in [-0.2, -0.15) is 0 Å². The topological polar surface area (TPSA) is 62.0 Å². The summed E-state index contributed by atoms with van der Waals surface area (Å²) < 4.78 is 0. The van der Waals surface area contributed by atoms with Crippen LogP contribution in [-0.2, 0) is 4.79 Å². The summed E-state index contributed by atoms with van der Waals surface area (Å²) in [6.45, 7) is 1.78. The third-order valence-electron chi connectivity index (χ3n) is 1.85. The predicted octanol–water partition coefficient (Wildman–Crippen LogP) is 1.02. The summed E-state index contributed by atoms with van der Waals surface area (Å²) in [6, 6.07) is 1.72. The van der Waals surface area contributed by atoms with Crippen molar-refractivity contribution >= 4 is 17.6 Å². The fourth-order valence-corrected chi connectivity index (χ4v) is 1.14. The molecule has 0 aliphatic heterocycles. The number of ketones is 2. The molecule has 4 nitrogen and oxygen atoms in total. The number of H-pyrrole nitrogens is 1. The number of likely N-dealkylation sites (N-methyl/N-ethyl adjacent to an activating group) is 1. The molecule has 1 rings (SSSR count). The van der Waals surface area contributed by atoms with E-state index < -0.39 is 0 Å². The second-order valence-electron chi connectivity index (χ2n) is 3.24. The van der Waals surface area contributed by atoms with Gasteiger partial charge in [0.05, 0.1) is 12.2 Å². The van der Waals surface area contributed by atoms with Gasteiger partial charge in [-0.3, -0.25) is 9.59 Å². The van der Waals surface area contributed by atoms with Gasteiger partial charge in [0.15, 0.2) is 11.6 Å². The minimum absolute atomic E-state index is 0.0000231. The van der Waals surface area contributed by atoms with Crippen molar-refractivity contribution in [2.45, 2.75) is 6.92 Å². The molecule has 0 saturated heterocycles. The molecule has 1 aromatic heterocycles. The molecule has 4 heteroatoms. The van der Waals surface area contributed by atoms with Crippen molar-refractivity contribution < 1.29 is 9.59 Å². The molecule has 0 radical (unpaired) electrons. The van der Waals surface area contributed by atoms with E-state index in [2.05, 4.69) is 10.3 Å². The Balaban J connectivity index is 2.72. The van der Waals surface area contributed by atoms with Crippen molar-refractivity contribution in [2.75, 3.05) is 13.6 Å². The van der Waals surface area contributed by atoms with E-state index in [1.807, 2.05) is 0 Å². The van der Waals surface area contributed by atoms with Crippen molar-refractivity contribution in [1.29, 1.82) is 0 Å². The highest BCUT2D eigenvalue weighted by molar-refractivity contribution is 5.97.